The number of carbonyl (C=O) groups is 2. The van der Waals surface area contributed by atoms with Crippen LogP contribution in [0.25, 0.3) is 0 Å². The molecule has 0 atom stereocenters. The van der Waals surface area contributed by atoms with Gasteiger partial charge in [-0.05, 0) is 52.4 Å². The second-order valence-electron chi connectivity index (χ2n) is 4.33. The molecular weight excluding hydrogens is 368 g/mol. The third-order valence-electron chi connectivity index (χ3n) is 2.78. The third-order valence-corrected chi connectivity index (χ3v) is 4.39. The van der Waals surface area contributed by atoms with Gasteiger partial charge in [0.15, 0.2) is 0 Å². The molecule has 0 aliphatic heterocycles. The molecule has 2 rings (SSSR count). The molecule has 1 aromatic heterocycles. The van der Waals surface area contributed by atoms with E-state index >= 15 is 0 Å². The monoisotopic (exact) mass is 379 g/mol. The Morgan fingerprint density at radius 1 is 1.18 bits per heavy atom. The summed E-state index contributed by atoms with van der Waals surface area (Å²) >= 11 is 4.73. The molecule has 0 unspecified atom stereocenters. The van der Waals surface area contributed by atoms with Gasteiger partial charge >= 0.3 is 0 Å². The number of nitrogens with one attached hydrogen (secondary N) is 1. The molecule has 0 fully saturated rings. The highest BCUT2D eigenvalue weighted by Crippen LogP contribution is 2.16. The van der Waals surface area contributed by atoms with Crippen LogP contribution in [0.5, 0.6) is 0 Å². The Kier molecular flexibility index (Phi) is 5.85. The van der Waals surface area contributed by atoms with Gasteiger partial charge in [0, 0.05) is 10.4 Å². The lowest BCUT2D eigenvalue weighted by molar-refractivity contribution is -0.305. The van der Waals surface area contributed by atoms with Crippen LogP contribution in [0.15, 0.2) is 51.4 Å². The zero-order valence-corrected chi connectivity index (χ0v) is 13.8. The predicted molar refractivity (Wildman–Crippen MR) is 86.7 cm³/mol. The first kappa shape index (κ1) is 16.4. The quantitative estimate of drug-likeness (QED) is 0.616. The number of benzene rings is 1. The van der Waals surface area contributed by atoms with Crippen LogP contribution in [0.4, 0.5) is 0 Å². The molecule has 0 aliphatic carbocycles. The van der Waals surface area contributed by atoms with Crippen LogP contribution in [0.3, 0.4) is 0 Å². The van der Waals surface area contributed by atoms with E-state index in [0.717, 1.165) is 4.88 Å². The summed E-state index contributed by atoms with van der Waals surface area (Å²) in [5, 5.41) is 16.6. The molecule has 1 heterocycles. The summed E-state index contributed by atoms with van der Waals surface area (Å²) in [5.74, 6) is -1.52. The molecule has 1 N–H and O–H groups in total. The van der Waals surface area contributed by atoms with Gasteiger partial charge in [0.2, 0.25) is 0 Å². The first-order chi connectivity index (χ1) is 10.6. The van der Waals surface area contributed by atoms with Gasteiger partial charge in [-0.1, -0.05) is 18.2 Å². The number of nitrogens with zero attached hydrogens (tertiary/aromatic N) is 1. The van der Waals surface area contributed by atoms with Crippen molar-refractivity contribution in [2.75, 3.05) is 0 Å². The Balaban J connectivity index is 2.14. The summed E-state index contributed by atoms with van der Waals surface area (Å²) in [4.78, 5) is 23.5. The molecule has 5 nitrogen and oxygen atoms in total. The maximum atomic E-state index is 12.1. The minimum absolute atomic E-state index is 0.151. The molecule has 0 spiro atoms. The number of aliphatic carboxylic acids is 1. The molecule has 1 amide bonds. The van der Waals surface area contributed by atoms with E-state index in [1.165, 1.54) is 11.3 Å². The largest absolute Gasteiger partial charge is 0.550 e. The topological polar surface area (TPSA) is 81.6 Å². The van der Waals surface area contributed by atoms with Crippen molar-refractivity contribution in [3.8, 4) is 0 Å². The van der Waals surface area contributed by atoms with Crippen LogP contribution in [-0.2, 0) is 4.79 Å². The zero-order valence-electron chi connectivity index (χ0n) is 11.4. The number of hydrazone groups is 1. The minimum Gasteiger partial charge on any atom is -0.550 e. The van der Waals surface area contributed by atoms with Crippen molar-refractivity contribution < 1.29 is 14.7 Å². The fourth-order valence-electron chi connectivity index (χ4n) is 1.72. The molecule has 0 saturated heterocycles. The summed E-state index contributed by atoms with van der Waals surface area (Å²) in [7, 11) is 0. The molecule has 2 aromatic rings. The van der Waals surface area contributed by atoms with Crippen LogP contribution in [0.1, 0.15) is 28.1 Å². The highest BCUT2D eigenvalue weighted by atomic mass is 79.9. The first-order valence-corrected chi connectivity index (χ1v) is 8.10. The number of carbonyl (C=O) groups excluding carboxylic acids is 2. The van der Waals surface area contributed by atoms with E-state index in [9.17, 15) is 14.7 Å². The number of halogens is 1. The van der Waals surface area contributed by atoms with Gasteiger partial charge in [-0.25, -0.2) is 5.43 Å². The number of hydrogen-bond acceptors (Lipinski definition) is 5. The van der Waals surface area contributed by atoms with Crippen LogP contribution in [-0.4, -0.2) is 17.6 Å². The Bertz CT molecular complexity index is 699. The lowest BCUT2D eigenvalue weighted by Gasteiger charge is -2.07. The van der Waals surface area contributed by atoms with Gasteiger partial charge in [0.1, 0.15) is 0 Å². The Morgan fingerprint density at radius 3 is 2.59 bits per heavy atom. The smallest absolute Gasteiger partial charge is 0.272 e. The van der Waals surface area contributed by atoms with Gasteiger partial charge in [0.05, 0.1) is 16.2 Å². The molecular formula is C15H12BrN2O3S-. The summed E-state index contributed by atoms with van der Waals surface area (Å²) < 4.78 is 0.662. The minimum atomic E-state index is -1.15. The predicted octanol–water partition coefficient (Wildman–Crippen LogP) is 2.17. The van der Waals surface area contributed by atoms with E-state index in [1.807, 2.05) is 17.5 Å². The van der Waals surface area contributed by atoms with Crippen LogP contribution < -0.4 is 10.5 Å². The number of thiophene rings is 1. The van der Waals surface area contributed by atoms with Crippen molar-refractivity contribution in [3.63, 3.8) is 0 Å². The molecule has 1 aromatic carbocycles. The Labute approximate surface area is 139 Å². The van der Waals surface area contributed by atoms with E-state index in [4.69, 9.17) is 0 Å². The lowest BCUT2D eigenvalue weighted by atomic mass is 10.2. The standard InChI is InChI=1S/C15H13BrN2O3S/c16-11-5-2-1-4-10(11)15(21)18-17-12(7-8-14(19)20)13-6-3-9-22-13/h1-6,9H,7-8H2,(H,18,21)(H,19,20)/p-1/b17-12-. The third kappa shape index (κ3) is 4.51. The average Bonchev–Trinajstić information content (AvgIpc) is 3.01. The van der Waals surface area contributed by atoms with Gasteiger partial charge in [0.25, 0.3) is 5.91 Å². The van der Waals surface area contributed by atoms with Crippen molar-refractivity contribution in [1.29, 1.82) is 0 Å². The maximum absolute atomic E-state index is 12.1. The van der Waals surface area contributed by atoms with Crippen molar-refractivity contribution in [3.05, 3.63) is 56.7 Å². The molecule has 0 aliphatic rings. The summed E-state index contributed by atoms with van der Waals surface area (Å²) in [6.07, 6.45) is 0.0424. The first-order valence-electron chi connectivity index (χ1n) is 6.43. The van der Waals surface area contributed by atoms with Crippen molar-refractivity contribution >= 4 is 44.9 Å². The highest BCUT2D eigenvalue weighted by molar-refractivity contribution is 9.10. The van der Waals surface area contributed by atoms with Gasteiger partial charge in [-0.2, -0.15) is 5.10 Å². The summed E-state index contributed by atoms with van der Waals surface area (Å²) in [6.45, 7) is 0. The zero-order chi connectivity index (χ0) is 15.9. The molecule has 0 radical (unpaired) electrons. The maximum Gasteiger partial charge on any atom is 0.272 e. The van der Waals surface area contributed by atoms with Crippen molar-refractivity contribution in [2.24, 2.45) is 5.10 Å². The molecule has 0 bridgehead atoms. The fourth-order valence-corrected chi connectivity index (χ4v) is 2.93. The Hall–Kier alpha value is -1.99. The number of rotatable bonds is 6. The van der Waals surface area contributed by atoms with Crippen LogP contribution in [0.2, 0.25) is 0 Å². The van der Waals surface area contributed by atoms with Gasteiger partial charge in [-0.15, -0.1) is 11.3 Å². The highest BCUT2D eigenvalue weighted by Gasteiger charge is 2.10. The molecule has 7 heteroatoms. The van der Waals surface area contributed by atoms with Crippen molar-refractivity contribution in [1.82, 2.24) is 5.43 Å². The second kappa shape index (κ2) is 7.86. The van der Waals surface area contributed by atoms with E-state index < -0.39 is 5.97 Å². The van der Waals surface area contributed by atoms with E-state index in [0.29, 0.717) is 15.7 Å². The number of hydrogen-bond donors (Lipinski definition) is 1. The average molecular weight is 380 g/mol. The fraction of sp³-hybridized carbons (Fsp3) is 0.133. The summed E-state index contributed by atoms with van der Waals surface area (Å²) in [6, 6.07) is 10.6. The van der Waals surface area contributed by atoms with Crippen LogP contribution in [0, 0.1) is 0 Å². The van der Waals surface area contributed by atoms with E-state index in [2.05, 4.69) is 26.5 Å². The second-order valence-corrected chi connectivity index (χ2v) is 6.13. The van der Waals surface area contributed by atoms with Gasteiger partial charge in [-0.3, -0.25) is 4.79 Å². The number of carboxylic acids is 1. The van der Waals surface area contributed by atoms with Crippen molar-refractivity contribution in [2.45, 2.75) is 12.8 Å². The lowest BCUT2D eigenvalue weighted by Crippen LogP contribution is -2.24. The SMILES string of the molecule is O=C([O-])CC/C(=N/NC(=O)c1ccccc1Br)c1cccs1. The van der Waals surface area contributed by atoms with Gasteiger partial charge < -0.3 is 9.90 Å². The van der Waals surface area contributed by atoms with E-state index in [1.54, 1.807) is 24.3 Å². The molecule has 0 saturated carbocycles. The molecule has 114 valence electrons. The molecule has 22 heavy (non-hydrogen) atoms. The Morgan fingerprint density at radius 2 is 1.95 bits per heavy atom. The number of carboxylic acid groups (broad SMARTS) is 1. The summed E-state index contributed by atoms with van der Waals surface area (Å²) in [5.41, 5.74) is 3.43. The van der Waals surface area contributed by atoms with E-state index in [-0.39, 0.29) is 18.7 Å². The normalized spacial score (nSPS) is 11.2. The van der Waals surface area contributed by atoms with Crippen LogP contribution >= 0.6 is 27.3 Å². The number of amides is 1.